The Morgan fingerprint density at radius 3 is 0.710 bits per heavy atom. The number of nitrogens with zero attached hydrogens (tertiary/aromatic N) is 11. The monoisotopic (exact) mass is 4170 g/mol. The number of likely N-dealkylation sites (N-methyl/N-ethyl adjacent to an activating group) is 9. The van der Waals surface area contributed by atoms with Crippen LogP contribution in [-0.4, -0.2) is 627 Å². The zero-order valence-electron chi connectivity index (χ0n) is 85.4. The van der Waals surface area contributed by atoms with E-state index >= 15 is 0 Å². The molecule has 0 aliphatic carbocycles. The molecule has 0 N–H and O–H groups in total. The van der Waals surface area contributed by atoms with Gasteiger partial charge in [0.25, 0.3) is 0 Å². The van der Waals surface area contributed by atoms with Crippen molar-refractivity contribution in [3.63, 3.8) is 0 Å². The predicted octanol–water partition coefficient (Wildman–Crippen LogP) is 22.3. The van der Waals surface area contributed by atoms with Crippen molar-refractivity contribution in [2.45, 2.75) is 497 Å². The predicted molar refractivity (Wildman–Crippen MR) is 678 cm³/mol. The molecule has 0 fully saturated rings. The van der Waals surface area contributed by atoms with E-state index in [2.05, 4.69) is 402 Å². The molecule has 0 spiro atoms. The quantitative estimate of drug-likeness (QED) is 0.0535. The summed E-state index contributed by atoms with van der Waals surface area (Å²) >= 11 is 7.02. The van der Waals surface area contributed by atoms with Crippen LogP contribution in [0.25, 0.3) is 0 Å². The van der Waals surface area contributed by atoms with Crippen LogP contribution in [0.1, 0.15) is 418 Å². The van der Waals surface area contributed by atoms with Gasteiger partial charge >= 0.3 is 916 Å². The van der Waals surface area contributed by atoms with Crippen LogP contribution in [0, 0.1) is 11.8 Å². The van der Waals surface area contributed by atoms with E-state index in [4.69, 9.17) is 29.6 Å². The fourth-order valence-electron chi connectivity index (χ4n) is 9.50. The van der Waals surface area contributed by atoms with Crippen molar-refractivity contribution in [1.29, 1.82) is 0 Å². The summed E-state index contributed by atoms with van der Waals surface area (Å²) in [6.45, 7) is 82.3. The van der Waals surface area contributed by atoms with E-state index in [1.807, 2.05) is 0 Å². The van der Waals surface area contributed by atoms with Crippen LogP contribution in [0.15, 0.2) is 0 Å². The maximum atomic E-state index is 5.67. The van der Waals surface area contributed by atoms with Gasteiger partial charge in [-0.05, 0) is 0 Å². The number of hydrogen-bond donors (Lipinski definition) is 0. The molecule has 0 rings (SSSR count). The van der Waals surface area contributed by atoms with Crippen LogP contribution in [0.2, 0.25) is 0 Å². The first-order valence-corrected chi connectivity index (χ1v) is 61.3. The second-order valence-electron chi connectivity index (χ2n) is 38.1. The molecule has 0 aromatic heterocycles. The van der Waals surface area contributed by atoms with E-state index < -0.39 is 0 Å². The fourth-order valence-corrected chi connectivity index (χ4v) is 18.3. The Balaban J connectivity index is -0.0000000265. The molecule has 0 saturated heterocycles. The van der Waals surface area contributed by atoms with Crippen molar-refractivity contribution < 1.29 is 29.6 Å². The van der Waals surface area contributed by atoms with Gasteiger partial charge in [-0.15, -0.1) is 0 Å². The second-order valence-corrected chi connectivity index (χ2v) is 48.2. The zero-order valence-corrected chi connectivity index (χ0v) is 135. The summed E-state index contributed by atoms with van der Waals surface area (Å²) in [6.07, 6.45) is 4.47. The standard InChI is InChI=1S/6C8H18NO.4C7H16NO.C6H14NO.23CH4.11Pb.11H/c1-7(6-9(4)5)8(2,3)10;1-7(2)8(3,10)6-9(4)5;1-7(2,9(5)6)8(3,4)10;1-6-9(5)7(2)8(3,4)10;1-5-8(10,6-2)7-9(3)4;1-5-9(6-2)7-8(3,4)10;1-7(2,9)5-6-8(3)4;1-6(8(4)5)7(2,3)9;1-5-7(2,9)6-8(3)4;1-5-8(4)6-7(2,3)9;1-6(2,8)5-7(3)4;;;;;;;;;;;;;;;;;;;;;;;;;;;;;;;;;;;;;;;;;;;;;/h2*7H,6H2,1-5H3;1-6H3;7H,6H2,1-5H3;2*5-7H2,1-4H3;5-6H2,1-4H3;6H,1-5H3;2*5-6H2,1-4H3;5H2,1-4H3;23*1H4;;;;;;;;;;;;;;;;;;;;;;/q11*-1;;;;;;;;;;;;;;;;;;;;;;;;11*+1;;;;;;;;;;;. The normalized spacial score (nSPS) is 12.1. The summed E-state index contributed by atoms with van der Waals surface area (Å²) in [5.74, 6) is 1.19. The number of rotatable bonds is 43. The van der Waals surface area contributed by atoms with Crippen molar-refractivity contribution in [2.75, 3.05) is 205 Å². The van der Waals surface area contributed by atoms with Gasteiger partial charge in [-0.1, -0.05) is 171 Å². The first kappa shape index (κ1) is 246. The van der Waals surface area contributed by atoms with Gasteiger partial charge < -0.3 is 0 Å². The molecule has 22 nitrogen and oxygen atoms in total. The molecule has 22 radical (unpaired) electrons. The molecule has 874 valence electrons. The molecule has 5 atom stereocenters. The Hall–Kier alpha value is 9.26. The molecule has 5 unspecified atom stereocenters. The van der Waals surface area contributed by atoms with Crippen molar-refractivity contribution in [3.8, 4) is 0 Å². The molecular formula is C105H289N11O11Pb11. The third-order valence-electron chi connectivity index (χ3n) is 21.3. The van der Waals surface area contributed by atoms with Gasteiger partial charge in [-0.2, -0.15) is 0 Å². The van der Waals surface area contributed by atoms with Gasteiger partial charge in [0.05, 0.1) is 0 Å². The van der Waals surface area contributed by atoms with E-state index in [0.717, 1.165) is 104 Å². The first-order chi connectivity index (χ1) is 51.6. The van der Waals surface area contributed by atoms with Gasteiger partial charge in [0.1, 0.15) is 0 Å². The van der Waals surface area contributed by atoms with Crippen molar-refractivity contribution >= 4 is 288 Å². The Kier molecular flexibility index (Phi) is 234. The molecule has 0 amide bonds. The molecule has 0 aromatic rings. The van der Waals surface area contributed by atoms with Crippen molar-refractivity contribution in [2.24, 2.45) is 11.8 Å². The Morgan fingerprint density at radius 1 is 0.261 bits per heavy atom. The van der Waals surface area contributed by atoms with Crippen LogP contribution in [-0.2, 0) is 29.6 Å². The Bertz CT molecular complexity index is 2120. The number of hydrogen-bond acceptors (Lipinski definition) is 22. The SMILES string of the molecule is C.C.C.C.C.C.C.C.C.C.C.C.C.C.C.C.C.C.C.C.C.C.C.CC(C)C(C)(CN(C)C)[O][PbH].CC(CN(C)C)C(C)(C)[O][PbH].CC(N(C)C)C(C)(C)[O][PbH].CCC(C)(CN(C)C)[O][PbH].CCC(CC)(CN(C)C)[O][PbH].CCN(C)C(C)C(C)(C)[O][PbH].CCN(C)CC(C)(C)[O][PbH].CCN(CC)CC(C)(C)[O][PbH].CN(C)C(C)(C)C(C)(C)[O][PbH].CN(C)CC(C)(C)[O][PbH].CN(C)CCC(C)(C)[O][PbH]. The topological polar surface area (TPSA) is 137 Å². The average Bonchev–Trinajstić information content (AvgIpc) is 0.811. The fraction of sp³-hybridized carbons (Fsp3) is 1.00. The van der Waals surface area contributed by atoms with Crippen LogP contribution in [0.5, 0.6) is 0 Å². The van der Waals surface area contributed by atoms with Crippen molar-refractivity contribution in [1.82, 2.24) is 53.9 Å². The summed E-state index contributed by atoms with van der Waals surface area (Å²) in [5.41, 5.74) is 0.785. The molecule has 0 bridgehead atoms. The van der Waals surface area contributed by atoms with E-state index in [9.17, 15) is 0 Å². The molecule has 0 heterocycles. The average molecular weight is 4160 g/mol. The van der Waals surface area contributed by atoms with Crippen molar-refractivity contribution in [3.05, 3.63) is 0 Å². The summed E-state index contributed by atoms with van der Waals surface area (Å²) in [6, 6.07) is 0.981. The minimum absolute atomic E-state index is 0. The van der Waals surface area contributed by atoms with Crippen LogP contribution < -0.4 is 0 Å². The Morgan fingerprint density at radius 2 is 0.558 bits per heavy atom. The third-order valence-corrected chi connectivity index (χ3v) is 46.9. The summed E-state index contributed by atoms with van der Waals surface area (Å²) in [5, 5.41) is 0. The summed E-state index contributed by atoms with van der Waals surface area (Å²) in [7, 11) is 37.6. The van der Waals surface area contributed by atoms with E-state index in [1.165, 1.54) is 0 Å². The molecule has 33 heteroatoms. The third kappa shape index (κ3) is 141. The van der Waals surface area contributed by atoms with Gasteiger partial charge in [0, 0.05) is 0 Å². The second kappa shape index (κ2) is 131. The van der Waals surface area contributed by atoms with Crippen LogP contribution >= 0.6 is 0 Å². The summed E-state index contributed by atoms with van der Waals surface area (Å²) in [4.78, 5) is 24.4. The minimum atomic E-state index is -0.0405. The van der Waals surface area contributed by atoms with Gasteiger partial charge in [-0.25, -0.2) is 0 Å². The molecule has 0 saturated carbocycles. The molecule has 0 aliphatic heterocycles. The van der Waals surface area contributed by atoms with E-state index in [0.29, 0.717) is 312 Å². The van der Waals surface area contributed by atoms with Gasteiger partial charge in [-0.3, -0.25) is 0 Å². The molecule has 138 heavy (non-hydrogen) atoms. The summed E-state index contributed by atoms with van der Waals surface area (Å²) < 4.78 is 60.7. The molecule has 0 aromatic carbocycles. The van der Waals surface area contributed by atoms with Crippen LogP contribution in [0.4, 0.5) is 0 Å². The first-order valence-electron chi connectivity index (χ1n) is 41.1. The molecule has 0 aliphatic rings. The van der Waals surface area contributed by atoms with Crippen LogP contribution in [0.3, 0.4) is 0 Å². The Labute approximate surface area is 1070 Å². The van der Waals surface area contributed by atoms with Gasteiger partial charge in [0.15, 0.2) is 0 Å². The zero-order chi connectivity index (χ0) is 94.8. The maximum absolute atomic E-state index is 5.67. The van der Waals surface area contributed by atoms with Gasteiger partial charge in [0.2, 0.25) is 0 Å². The van der Waals surface area contributed by atoms with E-state index in [-0.39, 0.29) is 238 Å². The van der Waals surface area contributed by atoms with E-state index in [1.54, 1.807) is 0 Å². The molecular weight excluding hydrogens is 3870 g/mol.